The zero-order valence-electron chi connectivity index (χ0n) is 10.2. The first-order valence-electron chi connectivity index (χ1n) is 5.59. The van der Waals surface area contributed by atoms with Crippen molar-refractivity contribution in [2.75, 3.05) is 23.9 Å². The topological polar surface area (TPSA) is 68.1 Å². The number of rotatable bonds is 5. The lowest BCUT2D eigenvalue weighted by atomic mass is 10.1. The average molecular weight is 281 g/mol. The summed E-state index contributed by atoms with van der Waals surface area (Å²) in [4.78, 5) is 14.4. The molecule has 1 aromatic carbocycles. The second-order valence-electron chi connectivity index (χ2n) is 3.83. The first-order valence-corrected chi connectivity index (χ1v) is 6.99. The van der Waals surface area contributed by atoms with Gasteiger partial charge in [-0.05, 0) is 18.4 Å². The van der Waals surface area contributed by atoms with Gasteiger partial charge in [-0.1, -0.05) is 0 Å². The number of nitro groups is 1. The molecule has 0 atom stereocenters. The quantitative estimate of drug-likeness (QED) is 0.518. The number of nitrogens with zero attached hydrogens (tertiary/aromatic N) is 2. The second kappa shape index (κ2) is 5.83. The molecule has 0 amide bonds. The molecule has 0 saturated carbocycles. The predicted molar refractivity (Wildman–Crippen MR) is 75.2 cm³/mol. The highest BCUT2D eigenvalue weighted by molar-refractivity contribution is 7.98. The Balaban J connectivity index is 2.55. The van der Waals surface area contributed by atoms with E-state index in [0.29, 0.717) is 11.9 Å². The second-order valence-corrected chi connectivity index (χ2v) is 4.81. The van der Waals surface area contributed by atoms with Crippen LogP contribution in [0.3, 0.4) is 0 Å². The van der Waals surface area contributed by atoms with Gasteiger partial charge in [0.25, 0.3) is 5.69 Å². The van der Waals surface area contributed by atoms with Crippen molar-refractivity contribution in [2.24, 2.45) is 0 Å². The van der Waals surface area contributed by atoms with Crippen LogP contribution in [0.5, 0.6) is 0 Å². The third-order valence-corrected chi connectivity index (χ3v) is 3.24. The molecule has 1 aromatic heterocycles. The zero-order chi connectivity index (χ0) is 13.8. The first kappa shape index (κ1) is 13.5. The number of nitro benzene ring substituents is 1. The van der Waals surface area contributed by atoms with E-state index in [1.165, 1.54) is 6.20 Å². The van der Waals surface area contributed by atoms with Crippen molar-refractivity contribution in [1.82, 2.24) is 4.98 Å². The fourth-order valence-corrected chi connectivity index (χ4v) is 2.10. The van der Waals surface area contributed by atoms with Gasteiger partial charge in [-0.25, -0.2) is 4.39 Å². The van der Waals surface area contributed by atoms with Crippen LogP contribution in [0.15, 0.2) is 24.4 Å². The molecular formula is C12H12FN3O2S. The van der Waals surface area contributed by atoms with Crippen molar-refractivity contribution in [2.45, 2.75) is 0 Å². The van der Waals surface area contributed by atoms with Crippen LogP contribution >= 0.6 is 11.8 Å². The highest BCUT2D eigenvalue weighted by atomic mass is 32.2. The van der Waals surface area contributed by atoms with E-state index in [1.54, 1.807) is 23.9 Å². The van der Waals surface area contributed by atoms with Crippen LogP contribution in [0.25, 0.3) is 10.9 Å². The van der Waals surface area contributed by atoms with E-state index < -0.39 is 10.7 Å². The number of hydrogen-bond acceptors (Lipinski definition) is 5. The molecular weight excluding hydrogens is 269 g/mol. The summed E-state index contributed by atoms with van der Waals surface area (Å²) in [7, 11) is 0. The van der Waals surface area contributed by atoms with Gasteiger partial charge in [0.1, 0.15) is 5.52 Å². The molecule has 0 fully saturated rings. The lowest BCUT2D eigenvalue weighted by Gasteiger charge is -2.10. The molecule has 0 bridgehead atoms. The van der Waals surface area contributed by atoms with Crippen LogP contribution in [-0.4, -0.2) is 28.5 Å². The fraction of sp³-hybridized carbons (Fsp3) is 0.250. The van der Waals surface area contributed by atoms with Gasteiger partial charge in [0.15, 0.2) is 5.82 Å². The fourth-order valence-electron chi connectivity index (χ4n) is 1.79. The minimum Gasteiger partial charge on any atom is -0.380 e. The molecule has 0 aliphatic heterocycles. The van der Waals surface area contributed by atoms with Crippen molar-refractivity contribution in [3.05, 3.63) is 40.3 Å². The first-order chi connectivity index (χ1) is 9.15. The molecule has 0 saturated heterocycles. The van der Waals surface area contributed by atoms with Crippen molar-refractivity contribution in [3.8, 4) is 0 Å². The third kappa shape index (κ3) is 2.76. The van der Waals surface area contributed by atoms with Gasteiger partial charge in [0.05, 0.1) is 22.1 Å². The van der Waals surface area contributed by atoms with Gasteiger partial charge in [-0.3, -0.25) is 15.1 Å². The SMILES string of the molecule is CSCCNc1c(F)cc([N+](=O)[O-])c2cccnc12. The molecule has 2 aromatic rings. The van der Waals surface area contributed by atoms with E-state index in [0.717, 1.165) is 11.8 Å². The van der Waals surface area contributed by atoms with E-state index >= 15 is 0 Å². The molecule has 100 valence electrons. The molecule has 1 heterocycles. The largest absolute Gasteiger partial charge is 0.380 e. The Hall–Kier alpha value is -1.89. The van der Waals surface area contributed by atoms with Gasteiger partial charge < -0.3 is 5.32 Å². The molecule has 0 spiro atoms. The van der Waals surface area contributed by atoms with E-state index in [4.69, 9.17) is 0 Å². The van der Waals surface area contributed by atoms with E-state index in [2.05, 4.69) is 10.3 Å². The number of nitrogens with one attached hydrogen (secondary N) is 1. The van der Waals surface area contributed by atoms with Crippen molar-refractivity contribution in [1.29, 1.82) is 0 Å². The summed E-state index contributed by atoms with van der Waals surface area (Å²) in [5.41, 5.74) is 0.238. The smallest absolute Gasteiger partial charge is 0.281 e. The average Bonchev–Trinajstić information content (AvgIpc) is 2.40. The molecule has 5 nitrogen and oxygen atoms in total. The maximum Gasteiger partial charge on any atom is 0.281 e. The minimum atomic E-state index is -0.654. The van der Waals surface area contributed by atoms with Gasteiger partial charge >= 0.3 is 0 Å². The molecule has 19 heavy (non-hydrogen) atoms. The maximum absolute atomic E-state index is 14.0. The van der Waals surface area contributed by atoms with Crippen LogP contribution in [0, 0.1) is 15.9 Å². The summed E-state index contributed by atoms with van der Waals surface area (Å²) < 4.78 is 14.0. The van der Waals surface area contributed by atoms with Crippen LogP contribution in [0.4, 0.5) is 15.8 Å². The lowest BCUT2D eigenvalue weighted by Crippen LogP contribution is -2.07. The van der Waals surface area contributed by atoms with Crippen LogP contribution < -0.4 is 5.32 Å². The standard InChI is InChI=1S/C12H12FN3O2S/c1-19-6-5-15-12-9(13)7-10(16(17)18)8-3-2-4-14-11(8)12/h2-4,7,15H,5-6H2,1H3. The molecule has 1 N–H and O–H groups in total. The molecule has 0 aliphatic carbocycles. The summed E-state index contributed by atoms with van der Waals surface area (Å²) in [6.07, 6.45) is 3.44. The Kier molecular flexibility index (Phi) is 4.16. The molecule has 2 rings (SSSR count). The van der Waals surface area contributed by atoms with Gasteiger partial charge in [0.2, 0.25) is 0 Å². The summed E-state index contributed by atoms with van der Waals surface area (Å²) in [5, 5.41) is 14.2. The Morgan fingerprint density at radius 1 is 1.58 bits per heavy atom. The number of hydrogen-bond donors (Lipinski definition) is 1. The van der Waals surface area contributed by atoms with E-state index in [1.807, 2.05) is 6.26 Å². The highest BCUT2D eigenvalue weighted by Crippen LogP contribution is 2.32. The van der Waals surface area contributed by atoms with Crippen molar-refractivity contribution >= 4 is 34.0 Å². The summed E-state index contributed by atoms with van der Waals surface area (Å²) >= 11 is 1.63. The van der Waals surface area contributed by atoms with E-state index in [9.17, 15) is 14.5 Å². The number of aromatic nitrogens is 1. The molecule has 7 heteroatoms. The normalized spacial score (nSPS) is 10.6. The number of anilines is 1. The van der Waals surface area contributed by atoms with Crippen molar-refractivity contribution < 1.29 is 9.31 Å². The summed E-state index contributed by atoms with van der Waals surface area (Å²) in [6.45, 7) is 0.571. The van der Waals surface area contributed by atoms with Crippen LogP contribution in [0.2, 0.25) is 0 Å². The van der Waals surface area contributed by atoms with Gasteiger partial charge in [-0.2, -0.15) is 11.8 Å². The Morgan fingerprint density at radius 2 is 2.37 bits per heavy atom. The summed E-state index contributed by atoms with van der Waals surface area (Å²) in [5.74, 6) is 0.157. The number of benzene rings is 1. The number of thioether (sulfide) groups is 1. The molecule has 0 aliphatic rings. The minimum absolute atomic E-state index is 0.218. The number of non-ortho nitro benzene ring substituents is 1. The maximum atomic E-state index is 14.0. The number of fused-ring (bicyclic) bond motifs is 1. The molecule has 0 unspecified atom stereocenters. The number of halogens is 1. The Bertz CT molecular complexity index is 621. The van der Waals surface area contributed by atoms with Gasteiger partial charge in [0, 0.05) is 18.5 Å². The van der Waals surface area contributed by atoms with Crippen molar-refractivity contribution in [3.63, 3.8) is 0 Å². The van der Waals surface area contributed by atoms with Crippen LogP contribution in [-0.2, 0) is 0 Å². The van der Waals surface area contributed by atoms with E-state index in [-0.39, 0.29) is 16.9 Å². The summed E-state index contributed by atoms with van der Waals surface area (Å²) in [6, 6.07) is 4.10. The predicted octanol–water partition coefficient (Wildman–Crippen LogP) is 3.06. The number of pyridine rings is 1. The third-order valence-electron chi connectivity index (χ3n) is 2.63. The Labute approximate surface area is 113 Å². The lowest BCUT2D eigenvalue weighted by molar-refractivity contribution is -0.383. The zero-order valence-corrected chi connectivity index (χ0v) is 11.0. The Morgan fingerprint density at radius 3 is 3.05 bits per heavy atom. The van der Waals surface area contributed by atoms with Gasteiger partial charge in [-0.15, -0.1) is 0 Å². The monoisotopic (exact) mass is 281 g/mol. The highest BCUT2D eigenvalue weighted by Gasteiger charge is 2.19. The molecule has 0 radical (unpaired) electrons. The van der Waals surface area contributed by atoms with Crippen LogP contribution in [0.1, 0.15) is 0 Å².